The van der Waals surface area contributed by atoms with Gasteiger partial charge in [-0.3, -0.25) is 4.79 Å². The molecule has 17 heavy (non-hydrogen) atoms. The molecule has 3 nitrogen and oxygen atoms in total. The maximum atomic E-state index is 11.8. The number of aryl methyl sites for hydroxylation is 2. The summed E-state index contributed by atoms with van der Waals surface area (Å²) in [6, 6.07) is 0. The predicted octanol–water partition coefficient (Wildman–Crippen LogP) is 3.39. The summed E-state index contributed by atoms with van der Waals surface area (Å²) in [5.41, 5.74) is 2.08. The molecule has 0 aliphatic heterocycles. The lowest BCUT2D eigenvalue weighted by Crippen LogP contribution is -2.10. The van der Waals surface area contributed by atoms with Crippen LogP contribution in [-0.2, 0) is 4.79 Å². The molecule has 0 N–H and O–H groups in total. The standard InChI is InChI=1S/C13H16N2OS/c1-5-10(16)8(3)12-11-7(2)9(4)17-13(11)15-6-14-12/h6,8H,5H2,1-4H3. The van der Waals surface area contributed by atoms with Crippen LogP contribution < -0.4 is 0 Å². The minimum Gasteiger partial charge on any atom is -0.299 e. The zero-order chi connectivity index (χ0) is 12.6. The van der Waals surface area contributed by atoms with Crippen molar-refractivity contribution in [2.75, 3.05) is 0 Å². The molecule has 1 unspecified atom stereocenters. The largest absolute Gasteiger partial charge is 0.299 e. The van der Waals surface area contributed by atoms with Crippen molar-refractivity contribution >= 4 is 27.3 Å². The van der Waals surface area contributed by atoms with E-state index in [0.29, 0.717) is 6.42 Å². The molecule has 0 fully saturated rings. The van der Waals surface area contributed by atoms with Gasteiger partial charge in [-0.05, 0) is 26.3 Å². The van der Waals surface area contributed by atoms with E-state index in [1.54, 1.807) is 17.7 Å². The van der Waals surface area contributed by atoms with Crippen LogP contribution in [0.2, 0.25) is 0 Å². The van der Waals surface area contributed by atoms with Crippen molar-refractivity contribution in [1.82, 2.24) is 9.97 Å². The zero-order valence-electron chi connectivity index (χ0n) is 10.6. The number of fused-ring (bicyclic) bond motifs is 1. The van der Waals surface area contributed by atoms with Gasteiger partial charge in [0.2, 0.25) is 0 Å². The molecule has 1 atom stereocenters. The second-order valence-corrected chi connectivity index (χ2v) is 5.47. The number of nitrogens with zero attached hydrogens (tertiary/aromatic N) is 2. The van der Waals surface area contributed by atoms with Gasteiger partial charge in [0.15, 0.2) is 0 Å². The van der Waals surface area contributed by atoms with Crippen LogP contribution in [0.3, 0.4) is 0 Å². The first-order chi connectivity index (χ1) is 8.06. The molecule has 0 spiro atoms. The van der Waals surface area contributed by atoms with Gasteiger partial charge in [-0.1, -0.05) is 6.92 Å². The number of rotatable bonds is 3. The number of ketones is 1. The second kappa shape index (κ2) is 4.53. The normalized spacial score (nSPS) is 12.9. The first kappa shape index (κ1) is 12.2. The minimum atomic E-state index is -0.141. The van der Waals surface area contributed by atoms with Gasteiger partial charge in [-0.15, -0.1) is 11.3 Å². The molecule has 2 aromatic rings. The van der Waals surface area contributed by atoms with Gasteiger partial charge in [-0.2, -0.15) is 0 Å². The van der Waals surface area contributed by atoms with Crippen molar-refractivity contribution in [3.63, 3.8) is 0 Å². The van der Waals surface area contributed by atoms with Gasteiger partial charge >= 0.3 is 0 Å². The number of thiophene rings is 1. The summed E-state index contributed by atoms with van der Waals surface area (Å²) in [4.78, 5) is 22.7. The Balaban J connectivity index is 2.65. The molecule has 0 saturated carbocycles. The van der Waals surface area contributed by atoms with E-state index in [1.165, 1.54) is 10.4 Å². The van der Waals surface area contributed by atoms with Gasteiger partial charge in [0, 0.05) is 16.7 Å². The molecule has 0 bridgehead atoms. The summed E-state index contributed by atoms with van der Waals surface area (Å²) in [5.74, 6) is 0.0893. The number of aromatic nitrogens is 2. The van der Waals surface area contributed by atoms with Crippen LogP contribution in [-0.4, -0.2) is 15.8 Å². The molecule has 0 aromatic carbocycles. The van der Waals surface area contributed by atoms with Crippen molar-refractivity contribution in [3.05, 3.63) is 22.5 Å². The molecule has 0 aliphatic carbocycles. The minimum absolute atomic E-state index is 0.141. The molecule has 2 rings (SSSR count). The third-order valence-electron chi connectivity index (χ3n) is 3.24. The van der Waals surface area contributed by atoms with Crippen molar-refractivity contribution < 1.29 is 4.79 Å². The summed E-state index contributed by atoms with van der Waals surface area (Å²) in [6.07, 6.45) is 2.11. The highest BCUT2D eigenvalue weighted by atomic mass is 32.1. The van der Waals surface area contributed by atoms with Crippen molar-refractivity contribution in [1.29, 1.82) is 0 Å². The smallest absolute Gasteiger partial charge is 0.141 e. The Morgan fingerprint density at radius 1 is 1.41 bits per heavy atom. The summed E-state index contributed by atoms with van der Waals surface area (Å²) in [7, 11) is 0. The lowest BCUT2D eigenvalue weighted by atomic mass is 9.97. The van der Waals surface area contributed by atoms with Gasteiger partial charge in [-0.25, -0.2) is 9.97 Å². The Kier molecular flexibility index (Phi) is 3.24. The van der Waals surface area contributed by atoms with Crippen LogP contribution in [0.25, 0.3) is 10.2 Å². The zero-order valence-corrected chi connectivity index (χ0v) is 11.4. The fourth-order valence-corrected chi connectivity index (χ4v) is 3.00. The van der Waals surface area contributed by atoms with E-state index in [-0.39, 0.29) is 11.7 Å². The molecular weight excluding hydrogens is 232 g/mol. The van der Waals surface area contributed by atoms with E-state index in [4.69, 9.17) is 0 Å². The van der Waals surface area contributed by atoms with Gasteiger partial charge in [0.05, 0.1) is 11.6 Å². The number of carbonyl (C=O) groups is 1. The molecular formula is C13H16N2OS. The second-order valence-electron chi connectivity index (χ2n) is 4.26. The molecule has 0 radical (unpaired) electrons. The lowest BCUT2D eigenvalue weighted by molar-refractivity contribution is -0.119. The molecule has 0 aliphatic rings. The van der Waals surface area contributed by atoms with Gasteiger partial charge in [0.1, 0.15) is 16.9 Å². The van der Waals surface area contributed by atoms with Crippen LogP contribution in [0, 0.1) is 13.8 Å². The van der Waals surface area contributed by atoms with Crippen LogP contribution in [0.4, 0.5) is 0 Å². The third kappa shape index (κ3) is 1.97. The summed E-state index contributed by atoms with van der Waals surface area (Å²) in [6.45, 7) is 7.98. The quantitative estimate of drug-likeness (QED) is 0.836. The SMILES string of the molecule is CCC(=O)C(C)c1ncnc2sc(C)c(C)c12. The maximum absolute atomic E-state index is 11.8. The first-order valence-corrected chi connectivity index (χ1v) is 6.61. The molecule has 2 aromatic heterocycles. The van der Waals surface area contributed by atoms with Crippen molar-refractivity contribution in [2.24, 2.45) is 0 Å². The van der Waals surface area contributed by atoms with Crippen LogP contribution >= 0.6 is 11.3 Å². The van der Waals surface area contributed by atoms with Crippen molar-refractivity contribution in [3.8, 4) is 0 Å². The van der Waals surface area contributed by atoms with Crippen LogP contribution in [0.5, 0.6) is 0 Å². The molecule has 0 saturated heterocycles. The number of hydrogen-bond acceptors (Lipinski definition) is 4. The predicted molar refractivity (Wildman–Crippen MR) is 70.6 cm³/mol. The highest BCUT2D eigenvalue weighted by Crippen LogP contribution is 2.33. The van der Waals surface area contributed by atoms with Gasteiger partial charge < -0.3 is 0 Å². The number of Topliss-reactive ketones (excluding diaryl/α,β-unsaturated/α-hetero) is 1. The Hall–Kier alpha value is -1.29. The monoisotopic (exact) mass is 248 g/mol. The van der Waals surface area contributed by atoms with E-state index in [0.717, 1.165) is 15.9 Å². The van der Waals surface area contributed by atoms with Crippen LogP contribution in [0.1, 0.15) is 42.3 Å². The summed E-state index contributed by atoms with van der Waals surface area (Å²) in [5, 5.41) is 1.07. The van der Waals surface area contributed by atoms with Gasteiger partial charge in [0.25, 0.3) is 0 Å². The number of carbonyl (C=O) groups excluding carboxylic acids is 1. The Morgan fingerprint density at radius 3 is 2.76 bits per heavy atom. The van der Waals surface area contributed by atoms with Crippen LogP contribution in [0.15, 0.2) is 6.33 Å². The summed E-state index contributed by atoms with van der Waals surface area (Å²) < 4.78 is 0. The van der Waals surface area contributed by atoms with E-state index >= 15 is 0 Å². The van der Waals surface area contributed by atoms with E-state index in [9.17, 15) is 4.79 Å². The average molecular weight is 248 g/mol. The van der Waals surface area contributed by atoms with E-state index in [2.05, 4.69) is 23.8 Å². The third-order valence-corrected chi connectivity index (χ3v) is 4.35. The molecule has 90 valence electrons. The van der Waals surface area contributed by atoms with Crippen molar-refractivity contribution in [2.45, 2.75) is 40.0 Å². The van der Waals surface area contributed by atoms with E-state index in [1.807, 2.05) is 13.8 Å². The fraction of sp³-hybridized carbons (Fsp3) is 0.462. The first-order valence-electron chi connectivity index (χ1n) is 5.79. The topological polar surface area (TPSA) is 42.9 Å². The number of hydrogen-bond donors (Lipinski definition) is 0. The molecule has 4 heteroatoms. The Morgan fingerprint density at radius 2 is 2.12 bits per heavy atom. The average Bonchev–Trinajstić information content (AvgIpc) is 2.63. The fourth-order valence-electron chi connectivity index (χ4n) is 2.00. The Bertz CT molecular complexity index is 574. The summed E-state index contributed by atoms with van der Waals surface area (Å²) >= 11 is 1.67. The maximum Gasteiger partial charge on any atom is 0.141 e. The van der Waals surface area contributed by atoms with E-state index < -0.39 is 0 Å². The Labute approximate surface area is 105 Å². The molecule has 2 heterocycles. The highest BCUT2D eigenvalue weighted by Gasteiger charge is 2.20. The highest BCUT2D eigenvalue weighted by molar-refractivity contribution is 7.18. The molecule has 0 amide bonds. The lowest BCUT2D eigenvalue weighted by Gasteiger charge is -2.10.